The van der Waals surface area contributed by atoms with Gasteiger partial charge in [-0.05, 0) is 36.9 Å². The molecule has 1 aromatic carbocycles. The van der Waals surface area contributed by atoms with Crippen LogP contribution in [-0.2, 0) is 18.7 Å². The number of methoxy groups -OCH3 is 1. The van der Waals surface area contributed by atoms with Crippen LogP contribution in [0.4, 0.5) is 5.95 Å². The highest BCUT2D eigenvalue weighted by Gasteiger charge is 2.40. The number of nitrogens with one attached hydrogen (secondary N) is 1. The van der Waals surface area contributed by atoms with E-state index < -0.39 is 11.5 Å². The van der Waals surface area contributed by atoms with Gasteiger partial charge in [0.2, 0.25) is 11.8 Å². The number of ether oxygens (including phenoxy) is 1. The molecule has 0 fully saturated rings. The lowest BCUT2D eigenvalue weighted by Crippen LogP contribution is -2.31. The van der Waals surface area contributed by atoms with Crippen LogP contribution < -0.4 is 10.1 Å². The summed E-state index contributed by atoms with van der Waals surface area (Å²) in [6.45, 7) is 5.00. The number of imidazole rings is 1. The number of thiophene rings is 1. The first-order chi connectivity index (χ1) is 17.5. The maximum absolute atomic E-state index is 13.1. The van der Waals surface area contributed by atoms with Gasteiger partial charge in [-0.15, -0.1) is 16.4 Å². The average Bonchev–Trinajstić information content (AvgIpc) is 3.67. The standard InChI is InChI=1S/C25H25N7O3S/c1-4-31-15-26-24(30-31)29-21(33)17-14-18-20(27-22(17)35-3)28-23(32(18)5-2)25(34,19-12-9-13-36-19)16-10-7-6-8-11-16/h6-15,34H,4-5H2,1-3H3,(H,29,30,33). The van der Waals surface area contributed by atoms with Gasteiger partial charge in [0.05, 0.1) is 12.6 Å². The first-order valence-electron chi connectivity index (χ1n) is 11.5. The number of aromatic nitrogens is 6. The molecule has 0 aliphatic heterocycles. The van der Waals surface area contributed by atoms with Crippen molar-refractivity contribution < 1.29 is 14.6 Å². The number of aryl methyl sites for hydroxylation is 2. The smallest absolute Gasteiger partial charge is 0.263 e. The zero-order chi connectivity index (χ0) is 25.3. The topological polar surface area (TPSA) is 120 Å². The zero-order valence-electron chi connectivity index (χ0n) is 20.0. The number of hydrogen-bond acceptors (Lipinski definition) is 8. The summed E-state index contributed by atoms with van der Waals surface area (Å²) in [5.41, 5.74) is 0.327. The summed E-state index contributed by atoms with van der Waals surface area (Å²) >= 11 is 1.44. The fraction of sp³-hybridized carbons (Fsp3) is 0.240. The first kappa shape index (κ1) is 23.6. The number of benzene rings is 1. The van der Waals surface area contributed by atoms with Gasteiger partial charge < -0.3 is 14.4 Å². The van der Waals surface area contributed by atoms with Crippen molar-refractivity contribution in [1.29, 1.82) is 0 Å². The van der Waals surface area contributed by atoms with E-state index in [1.165, 1.54) is 18.4 Å². The molecule has 5 rings (SSSR count). The average molecular weight is 504 g/mol. The van der Waals surface area contributed by atoms with Crippen molar-refractivity contribution in [2.24, 2.45) is 0 Å². The maximum atomic E-state index is 13.1. The number of carbonyl (C=O) groups excluding carboxylic acids is 1. The number of pyridine rings is 1. The van der Waals surface area contributed by atoms with Crippen LogP contribution in [0.2, 0.25) is 0 Å². The Morgan fingerprint density at radius 2 is 1.94 bits per heavy atom. The van der Waals surface area contributed by atoms with Gasteiger partial charge in [0.1, 0.15) is 11.9 Å². The molecule has 184 valence electrons. The van der Waals surface area contributed by atoms with Gasteiger partial charge in [-0.1, -0.05) is 36.4 Å². The highest BCUT2D eigenvalue weighted by atomic mass is 32.1. The first-order valence-corrected chi connectivity index (χ1v) is 12.4. The second-order valence-electron chi connectivity index (χ2n) is 8.00. The molecule has 1 unspecified atom stereocenters. The van der Waals surface area contributed by atoms with Crippen molar-refractivity contribution in [3.05, 3.63) is 82.1 Å². The van der Waals surface area contributed by atoms with Crippen LogP contribution in [0.15, 0.2) is 60.2 Å². The van der Waals surface area contributed by atoms with Gasteiger partial charge in [-0.3, -0.25) is 14.8 Å². The second kappa shape index (κ2) is 9.51. The van der Waals surface area contributed by atoms with Crippen LogP contribution in [0.5, 0.6) is 5.88 Å². The van der Waals surface area contributed by atoms with Crippen LogP contribution in [-0.4, -0.2) is 47.4 Å². The van der Waals surface area contributed by atoms with Gasteiger partial charge in [0.15, 0.2) is 17.1 Å². The molecule has 0 bridgehead atoms. The number of rotatable bonds is 8. The summed E-state index contributed by atoms with van der Waals surface area (Å²) in [4.78, 5) is 27.3. The molecule has 5 aromatic rings. The quantitative estimate of drug-likeness (QED) is 0.331. The second-order valence-corrected chi connectivity index (χ2v) is 8.95. The van der Waals surface area contributed by atoms with E-state index in [1.54, 1.807) is 17.1 Å². The molecule has 0 saturated carbocycles. The van der Waals surface area contributed by atoms with Crippen LogP contribution in [0.25, 0.3) is 11.2 Å². The summed E-state index contributed by atoms with van der Waals surface area (Å²) in [7, 11) is 1.44. The monoisotopic (exact) mass is 503 g/mol. The van der Waals surface area contributed by atoms with Crippen LogP contribution >= 0.6 is 11.3 Å². The molecular weight excluding hydrogens is 478 g/mol. The Labute approximate surface area is 211 Å². The molecule has 36 heavy (non-hydrogen) atoms. The van der Waals surface area contributed by atoms with E-state index in [-0.39, 0.29) is 17.4 Å². The Morgan fingerprint density at radius 3 is 2.58 bits per heavy atom. The van der Waals surface area contributed by atoms with E-state index in [0.29, 0.717) is 35.6 Å². The number of carbonyl (C=O) groups is 1. The predicted octanol–water partition coefficient (Wildman–Crippen LogP) is 3.67. The van der Waals surface area contributed by atoms with Crippen molar-refractivity contribution in [3.8, 4) is 5.88 Å². The van der Waals surface area contributed by atoms with E-state index in [9.17, 15) is 9.90 Å². The Hall–Kier alpha value is -4.09. The molecule has 11 heteroatoms. The SMILES string of the molecule is CCn1cnc(NC(=O)c2cc3c(nc2OC)nc(C(O)(c2ccccc2)c2cccs2)n3CC)n1. The summed E-state index contributed by atoms with van der Waals surface area (Å²) in [5.74, 6) is 0.243. The number of hydrogen-bond donors (Lipinski definition) is 2. The maximum Gasteiger partial charge on any atom is 0.263 e. The largest absolute Gasteiger partial charge is 0.480 e. The van der Waals surface area contributed by atoms with Gasteiger partial charge in [0, 0.05) is 18.0 Å². The Morgan fingerprint density at radius 1 is 1.14 bits per heavy atom. The molecule has 4 heterocycles. The Bertz CT molecular complexity index is 1510. The van der Waals surface area contributed by atoms with Gasteiger partial charge in [0.25, 0.3) is 5.91 Å². The van der Waals surface area contributed by atoms with Crippen molar-refractivity contribution in [3.63, 3.8) is 0 Å². The normalized spacial score (nSPS) is 13.0. The molecule has 0 aliphatic carbocycles. The van der Waals surface area contributed by atoms with E-state index in [2.05, 4.69) is 20.4 Å². The van der Waals surface area contributed by atoms with Crippen molar-refractivity contribution in [2.45, 2.75) is 32.5 Å². The minimum absolute atomic E-state index is 0.113. The van der Waals surface area contributed by atoms with Crippen molar-refractivity contribution >= 4 is 34.4 Å². The zero-order valence-corrected chi connectivity index (χ0v) is 20.9. The van der Waals surface area contributed by atoms with Crippen LogP contribution in [0, 0.1) is 0 Å². The van der Waals surface area contributed by atoms with Gasteiger partial charge in [-0.2, -0.15) is 4.98 Å². The number of nitrogens with zero attached hydrogens (tertiary/aromatic N) is 6. The molecule has 1 atom stereocenters. The summed E-state index contributed by atoms with van der Waals surface area (Å²) < 4.78 is 8.92. The van der Waals surface area contributed by atoms with E-state index in [0.717, 1.165) is 4.88 Å². The fourth-order valence-electron chi connectivity index (χ4n) is 4.17. The number of aliphatic hydroxyl groups is 1. The van der Waals surface area contributed by atoms with Crippen LogP contribution in [0.1, 0.15) is 40.5 Å². The highest BCUT2D eigenvalue weighted by Crippen LogP contribution is 2.40. The number of anilines is 1. The molecule has 0 radical (unpaired) electrons. The van der Waals surface area contributed by atoms with E-state index in [4.69, 9.17) is 9.72 Å². The third kappa shape index (κ3) is 3.91. The summed E-state index contributed by atoms with van der Waals surface area (Å²) in [6, 6.07) is 14.8. The molecule has 10 nitrogen and oxygen atoms in total. The van der Waals surface area contributed by atoms with Crippen molar-refractivity contribution in [1.82, 2.24) is 29.3 Å². The van der Waals surface area contributed by atoms with E-state index >= 15 is 0 Å². The minimum Gasteiger partial charge on any atom is -0.480 e. The molecule has 2 N–H and O–H groups in total. The lowest BCUT2D eigenvalue weighted by atomic mass is 9.91. The summed E-state index contributed by atoms with van der Waals surface area (Å²) in [6.07, 6.45) is 1.54. The third-order valence-electron chi connectivity index (χ3n) is 5.94. The third-order valence-corrected chi connectivity index (χ3v) is 6.92. The lowest BCUT2D eigenvalue weighted by molar-refractivity contribution is 0.102. The molecular formula is C25H25N7O3S. The molecule has 0 saturated heterocycles. The van der Waals surface area contributed by atoms with Gasteiger partial charge >= 0.3 is 0 Å². The minimum atomic E-state index is -1.52. The molecule has 0 aliphatic rings. The number of amides is 1. The Kier molecular flexibility index (Phi) is 6.25. The number of fused-ring (bicyclic) bond motifs is 1. The van der Waals surface area contributed by atoms with E-state index in [1.807, 2.05) is 66.3 Å². The molecule has 4 aromatic heterocycles. The van der Waals surface area contributed by atoms with Gasteiger partial charge in [-0.25, -0.2) is 9.97 Å². The predicted molar refractivity (Wildman–Crippen MR) is 136 cm³/mol. The Balaban J connectivity index is 1.66. The lowest BCUT2D eigenvalue weighted by Gasteiger charge is -2.27. The molecule has 1 amide bonds. The van der Waals surface area contributed by atoms with Crippen LogP contribution in [0.3, 0.4) is 0 Å². The fourth-order valence-corrected chi connectivity index (χ4v) is 5.01. The molecule has 0 spiro atoms. The highest BCUT2D eigenvalue weighted by molar-refractivity contribution is 7.10. The summed E-state index contributed by atoms with van der Waals surface area (Å²) in [5, 5.41) is 21.0. The van der Waals surface area contributed by atoms with Crippen molar-refractivity contribution in [2.75, 3.05) is 12.4 Å².